The minimum absolute atomic E-state index is 0.711. The normalized spacial score (nSPS) is 20.0. The van der Waals surface area contributed by atoms with E-state index in [4.69, 9.17) is 0 Å². The quantitative estimate of drug-likeness (QED) is 0.936. The third-order valence-electron chi connectivity index (χ3n) is 5.19. The van der Waals surface area contributed by atoms with Crippen LogP contribution in [0.25, 0.3) is 0 Å². The van der Waals surface area contributed by atoms with E-state index in [-0.39, 0.29) is 0 Å². The summed E-state index contributed by atoms with van der Waals surface area (Å²) < 4.78 is 0. The highest BCUT2D eigenvalue weighted by Crippen LogP contribution is 2.26. The van der Waals surface area contributed by atoms with Crippen LogP contribution in [0.3, 0.4) is 0 Å². The molecular weight excluding hydrogens is 282 g/mol. The molecule has 0 aromatic heterocycles. The summed E-state index contributed by atoms with van der Waals surface area (Å²) in [5.41, 5.74) is 4.18. The first kappa shape index (κ1) is 14.7. The molecule has 2 aliphatic rings. The molecule has 2 heterocycles. The zero-order valence-electron chi connectivity index (χ0n) is 13.6. The largest absolute Gasteiger partial charge is 0.372 e. The summed E-state index contributed by atoms with van der Waals surface area (Å²) in [5, 5.41) is 3.57. The highest BCUT2D eigenvalue weighted by Gasteiger charge is 2.26. The van der Waals surface area contributed by atoms with Crippen molar-refractivity contribution < 1.29 is 0 Å². The molecule has 0 aliphatic carbocycles. The molecule has 120 valence electrons. The molecule has 3 heteroatoms. The van der Waals surface area contributed by atoms with E-state index in [1.54, 1.807) is 0 Å². The molecule has 0 spiro atoms. The summed E-state index contributed by atoms with van der Waals surface area (Å²) in [7, 11) is 0. The first-order valence-electron chi connectivity index (χ1n) is 8.70. The Morgan fingerprint density at radius 3 is 2.48 bits per heavy atom. The van der Waals surface area contributed by atoms with Crippen molar-refractivity contribution in [1.29, 1.82) is 0 Å². The van der Waals surface area contributed by atoms with Gasteiger partial charge in [-0.2, -0.15) is 0 Å². The number of benzene rings is 2. The van der Waals surface area contributed by atoms with Crippen molar-refractivity contribution in [1.82, 2.24) is 9.80 Å². The van der Waals surface area contributed by atoms with E-state index < -0.39 is 0 Å². The molecule has 0 amide bonds. The van der Waals surface area contributed by atoms with Crippen LogP contribution >= 0.6 is 0 Å². The Kier molecular flexibility index (Phi) is 4.31. The highest BCUT2D eigenvalue weighted by molar-refractivity contribution is 5.52. The van der Waals surface area contributed by atoms with Gasteiger partial charge in [0, 0.05) is 24.8 Å². The lowest BCUT2D eigenvalue weighted by Crippen LogP contribution is -2.47. The van der Waals surface area contributed by atoms with Crippen LogP contribution in [0, 0.1) is 0 Å². The third-order valence-corrected chi connectivity index (χ3v) is 5.19. The van der Waals surface area contributed by atoms with Crippen molar-refractivity contribution in [2.45, 2.75) is 32.0 Å². The fraction of sp³-hybridized carbons (Fsp3) is 0.400. The minimum Gasteiger partial charge on any atom is -0.372 e. The monoisotopic (exact) mass is 307 g/mol. The Balaban J connectivity index is 1.32. The van der Waals surface area contributed by atoms with Crippen molar-refractivity contribution in [3.8, 4) is 0 Å². The number of nitrogens with one attached hydrogen (secondary N) is 1. The predicted octanol–water partition coefficient (Wildman–Crippen LogP) is 3.54. The summed E-state index contributed by atoms with van der Waals surface area (Å²) in [6.07, 6.45) is 2.55. The minimum atomic E-state index is 0.711. The van der Waals surface area contributed by atoms with E-state index in [9.17, 15) is 0 Å². The van der Waals surface area contributed by atoms with Crippen LogP contribution in [-0.4, -0.2) is 35.6 Å². The Bertz CT molecular complexity index is 632. The number of anilines is 1. The van der Waals surface area contributed by atoms with Gasteiger partial charge in [-0.15, -0.1) is 0 Å². The Morgan fingerprint density at radius 2 is 1.65 bits per heavy atom. The van der Waals surface area contributed by atoms with Crippen LogP contribution in [0.5, 0.6) is 0 Å². The molecule has 2 aromatic carbocycles. The van der Waals surface area contributed by atoms with E-state index in [0.717, 1.165) is 19.8 Å². The van der Waals surface area contributed by atoms with E-state index in [1.807, 2.05) is 0 Å². The molecule has 1 fully saturated rings. The third kappa shape index (κ3) is 3.41. The molecule has 0 saturated carbocycles. The van der Waals surface area contributed by atoms with Crippen molar-refractivity contribution in [2.75, 3.05) is 25.1 Å². The van der Waals surface area contributed by atoms with Gasteiger partial charge in [-0.1, -0.05) is 48.5 Å². The molecule has 1 N–H and O–H groups in total. The Labute approximate surface area is 138 Å². The standard InChI is InChI=1S/C20H25N3/c1-2-6-17(7-3-1)14-22-12-10-19(11-13-22)23-15-18-8-4-5-9-20(18)21-16-23/h1-9,19,21H,10-16H2. The average Bonchev–Trinajstić information content (AvgIpc) is 2.63. The number of piperidine rings is 1. The molecule has 0 atom stereocenters. The Hall–Kier alpha value is -1.84. The van der Waals surface area contributed by atoms with Gasteiger partial charge in [0.05, 0.1) is 6.67 Å². The fourth-order valence-electron chi connectivity index (χ4n) is 3.83. The number of fused-ring (bicyclic) bond motifs is 1. The highest BCUT2D eigenvalue weighted by atomic mass is 15.3. The van der Waals surface area contributed by atoms with Crippen LogP contribution in [0.15, 0.2) is 54.6 Å². The van der Waals surface area contributed by atoms with E-state index >= 15 is 0 Å². The van der Waals surface area contributed by atoms with Gasteiger partial charge < -0.3 is 5.32 Å². The molecule has 4 rings (SSSR count). The van der Waals surface area contributed by atoms with Gasteiger partial charge in [0.1, 0.15) is 0 Å². The molecule has 2 aromatic rings. The van der Waals surface area contributed by atoms with Crippen molar-refractivity contribution in [3.63, 3.8) is 0 Å². The van der Waals surface area contributed by atoms with Crippen molar-refractivity contribution in [3.05, 3.63) is 65.7 Å². The zero-order chi connectivity index (χ0) is 15.5. The van der Waals surface area contributed by atoms with Crippen LogP contribution in [-0.2, 0) is 13.1 Å². The summed E-state index contributed by atoms with van der Waals surface area (Å²) >= 11 is 0. The first-order chi connectivity index (χ1) is 11.4. The van der Waals surface area contributed by atoms with E-state index in [2.05, 4.69) is 69.7 Å². The van der Waals surface area contributed by atoms with Crippen molar-refractivity contribution >= 4 is 5.69 Å². The lowest BCUT2D eigenvalue weighted by atomic mass is 10.0. The molecule has 1 saturated heterocycles. The van der Waals surface area contributed by atoms with Gasteiger partial charge in [-0.3, -0.25) is 9.80 Å². The summed E-state index contributed by atoms with van der Waals surface area (Å²) in [5.74, 6) is 0. The van der Waals surface area contributed by atoms with Crippen LogP contribution in [0.4, 0.5) is 5.69 Å². The van der Waals surface area contributed by atoms with Crippen LogP contribution in [0.2, 0.25) is 0 Å². The fourth-order valence-corrected chi connectivity index (χ4v) is 3.83. The Morgan fingerprint density at radius 1 is 0.913 bits per heavy atom. The zero-order valence-corrected chi connectivity index (χ0v) is 13.6. The summed E-state index contributed by atoms with van der Waals surface area (Å²) in [6.45, 7) is 5.58. The lowest BCUT2D eigenvalue weighted by molar-refractivity contribution is 0.102. The maximum atomic E-state index is 3.57. The van der Waals surface area contributed by atoms with Gasteiger partial charge in [-0.25, -0.2) is 0 Å². The molecule has 0 radical (unpaired) electrons. The van der Waals surface area contributed by atoms with Crippen molar-refractivity contribution in [2.24, 2.45) is 0 Å². The van der Waals surface area contributed by atoms with Gasteiger partial charge in [0.25, 0.3) is 0 Å². The second-order valence-electron chi connectivity index (χ2n) is 6.73. The van der Waals surface area contributed by atoms with Crippen LogP contribution in [0.1, 0.15) is 24.0 Å². The second-order valence-corrected chi connectivity index (χ2v) is 6.73. The molecule has 2 aliphatic heterocycles. The predicted molar refractivity (Wildman–Crippen MR) is 95.2 cm³/mol. The first-order valence-corrected chi connectivity index (χ1v) is 8.70. The number of rotatable bonds is 3. The maximum absolute atomic E-state index is 3.57. The number of para-hydroxylation sites is 1. The molecule has 23 heavy (non-hydrogen) atoms. The number of likely N-dealkylation sites (tertiary alicyclic amines) is 1. The second kappa shape index (κ2) is 6.73. The number of nitrogens with zero attached hydrogens (tertiary/aromatic N) is 2. The summed E-state index contributed by atoms with van der Waals surface area (Å²) in [6, 6.07) is 20.2. The molecular formula is C20H25N3. The number of hydrogen-bond donors (Lipinski definition) is 1. The maximum Gasteiger partial charge on any atom is 0.0683 e. The van der Waals surface area contributed by atoms with E-state index in [1.165, 1.54) is 42.7 Å². The number of hydrogen-bond acceptors (Lipinski definition) is 3. The SMILES string of the molecule is c1ccc(CN2CCC(N3CNc4ccccc4C3)CC2)cc1. The molecule has 0 unspecified atom stereocenters. The van der Waals surface area contributed by atoms with E-state index in [0.29, 0.717) is 6.04 Å². The van der Waals surface area contributed by atoms with Gasteiger partial charge in [-0.05, 0) is 43.1 Å². The van der Waals surface area contributed by atoms with Gasteiger partial charge in [0.15, 0.2) is 0 Å². The van der Waals surface area contributed by atoms with Crippen LogP contribution < -0.4 is 5.32 Å². The average molecular weight is 307 g/mol. The van der Waals surface area contributed by atoms with Gasteiger partial charge in [0.2, 0.25) is 0 Å². The molecule has 0 bridgehead atoms. The topological polar surface area (TPSA) is 18.5 Å². The summed E-state index contributed by atoms with van der Waals surface area (Å²) in [4.78, 5) is 5.21. The molecule has 3 nitrogen and oxygen atoms in total. The smallest absolute Gasteiger partial charge is 0.0683 e. The lowest BCUT2D eigenvalue weighted by Gasteiger charge is -2.41. The van der Waals surface area contributed by atoms with Gasteiger partial charge >= 0.3 is 0 Å².